The lowest BCUT2D eigenvalue weighted by atomic mass is 10.1. The number of anilines is 1. The molecule has 0 spiro atoms. The van der Waals surface area contributed by atoms with Crippen LogP contribution in [-0.2, 0) is 6.42 Å². The zero-order chi connectivity index (χ0) is 14.3. The minimum absolute atomic E-state index is 0.0652. The largest absolute Gasteiger partial charge is 0.438 e. The molecule has 0 amide bonds. The summed E-state index contributed by atoms with van der Waals surface area (Å²) in [6, 6.07) is 7.13. The van der Waals surface area contributed by atoms with E-state index in [1.165, 1.54) is 18.2 Å². The number of oxazole rings is 1. The van der Waals surface area contributed by atoms with Gasteiger partial charge in [-0.05, 0) is 24.3 Å². The zero-order valence-corrected chi connectivity index (χ0v) is 11.7. The second-order valence-electron chi connectivity index (χ2n) is 4.33. The van der Waals surface area contributed by atoms with Crippen molar-refractivity contribution >= 4 is 32.7 Å². The number of rotatable bonds is 2. The van der Waals surface area contributed by atoms with Crippen molar-refractivity contribution in [1.82, 2.24) is 4.98 Å². The summed E-state index contributed by atoms with van der Waals surface area (Å²) in [5.74, 6) is -1.03. The van der Waals surface area contributed by atoms with Gasteiger partial charge in [0.2, 0.25) is 0 Å². The van der Waals surface area contributed by atoms with Gasteiger partial charge in [-0.25, -0.2) is 13.8 Å². The lowest BCUT2D eigenvalue weighted by molar-refractivity contribution is 0.515. The van der Waals surface area contributed by atoms with Crippen LogP contribution in [0.25, 0.3) is 11.1 Å². The summed E-state index contributed by atoms with van der Waals surface area (Å²) >= 11 is 3.30. The zero-order valence-electron chi connectivity index (χ0n) is 10.2. The number of nitrogens with two attached hydrogens (primary N) is 1. The summed E-state index contributed by atoms with van der Waals surface area (Å²) in [6.45, 7) is 0. The quantitative estimate of drug-likeness (QED) is 0.717. The van der Waals surface area contributed by atoms with E-state index in [0.717, 1.165) is 4.47 Å². The number of aromatic nitrogens is 1. The van der Waals surface area contributed by atoms with E-state index in [-0.39, 0.29) is 17.9 Å². The monoisotopic (exact) mass is 338 g/mol. The average molecular weight is 339 g/mol. The number of fused-ring (bicyclic) bond motifs is 1. The molecule has 0 saturated carbocycles. The van der Waals surface area contributed by atoms with Crippen molar-refractivity contribution in [1.29, 1.82) is 0 Å². The average Bonchev–Trinajstić information content (AvgIpc) is 2.77. The molecule has 0 radical (unpaired) electrons. The molecule has 0 fully saturated rings. The maximum absolute atomic E-state index is 13.6. The summed E-state index contributed by atoms with van der Waals surface area (Å²) < 4.78 is 33.4. The molecule has 1 aromatic heterocycles. The van der Waals surface area contributed by atoms with Crippen LogP contribution in [0.1, 0.15) is 11.5 Å². The van der Waals surface area contributed by atoms with Crippen LogP contribution >= 0.6 is 15.9 Å². The fraction of sp³-hybridized carbons (Fsp3) is 0.0714. The molecule has 3 rings (SSSR count). The highest BCUT2D eigenvalue weighted by Crippen LogP contribution is 2.28. The second-order valence-corrected chi connectivity index (χ2v) is 5.24. The summed E-state index contributed by atoms with van der Waals surface area (Å²) in [7, 11) is 0. The van der Waals surface area contributed by atoms with E-state index in [9.17, 15) is 8.78 Å². The summed E-state index contributed by atoms with van der Waals surface area (Å²) in [4.78, 5) is 4.20. The molecule has 3 nitrogen and oxygen atoms in total. The van der Waals surface area contributed by atoms with Crippen molar-refractivity contribution in [3.8, 4) is 0 Å². The van der Waals surface area contributed by atoms with Crippen LogP contribution in [0.2, 0.25) is 0 Å². The molecule has 0 aliphatic rings. The van der Waals surface area contributed by atoms with Gasteiger partial charge in [0.15, 0.2) is 11.5 Å². The SMILES string of the molecule is Nc1cc(Br)cc2nc(Cc3c(F)cccc3F)oc12. The van der Waals surface area contributed by atoms with Crippen molar-refractivity contribution in [3.63, 3.8) is 0 Å². The molecule has 0 aliphatic carbocycles. The maximum Gasteiger partial charge on any atom is 0.200 e. The lowest BCUT2D eigenvalue weighted by Gasteiger charge is -2.01. The first-order valence-corrected chi connectivity index (χ1v) is 6.61. The molecule has 1 heterocycles. The molecule has 2 N–H and O–H groups in total. The smallest absolute Gasteiger partial charge is 0.200 e. The van der Waals surface area contributed by atoms with Crippen molar-refractivity contribution in [2.45, 2.75) is 6.42 Å². The molecule has 0 bridgehead atoms. The van der Waals surface area contributed by atoms with Crippen molar-refractivity contribution < 1.29 is 13.2 Å². The predicted molar refractivity (Wildman–Crippen MR) is 75.3 cm³/mol. The highest BCUT2D eigenvalue weighted by atomic mass is 79.9. The molecular formula is C14H9BrF2N2O. The Hall–Kier alpha value is -1.95. The third kappa shape index (κ3) is 2.27. The molecule has 2 aromatic carbocycles. The van der Waals surface area contributed by atoms with Crippen LogP contribution in [0.3, 0.4) is 0 Å². The van der Waals surface area contributed by atoms with Crippen LogP contribution in [0.4, 0.5) is 14.5 Å². The molecule has 0 unspecified atom stereocenters. The van der Waals surface area contributed by atoms with E-state index in [2.05, 4.69) is 20.9 Å². The number of hydrogen-bond acceptors (Lipinski definition) is 3. The summed E-state index contributed by atoms with van der Waals surface area (Å²) in [6.07, 6.45) is -0.0652. The fourth-order valence-corrected chi connectivity index (χ4v) is 2.46. The van der Waals surface area contributed by atoms with Crippen molar-refractivity contribution in [3.05, 3.63) is 57.9 Å². The van der Waals surface area contributed by atoms with Crippen LogP contribution in [-0.4, -0.2) is 4.98 Å². The Labute approximate surface area is 121 Å². The van der Waals surface area contributed by atoms with Gasteiger partial charge >= 0.3 is 0 Å². The third-order valence-electron chi connectivity index (χ3n) is 2.92. The molecule has 3 aromatic rings. The van der Waals surface area contributed by atoms with E-state index in [1.54, 1.807) is 12.1 Å². The highest BCUT2D eigenvalue weighted by Gasteiger charge is 2.15. The van der Waals surface area contributed by atoms with Crippen LogP contribution in [0.15, 0.2) is 39.2 Å². The summed E-state index contributed by atoms with van der Waals surface area (Å²) in [5, 5.41) is 0. The number of halogens is 3. The first kappa shape index (κ1) is 13.1. The van der Waals surface area contributed by atoms with Crippen LogP contribution in [0, 0.1) is 11.6 Å². The van der Waals surface area contributed by atoms with Gasteiger partial charge in [-0.15, -0.1) is 0 Å². The van der Waals surface area contributed by atoms with E-state index in [4.69, 9.17) is 10.2 Å². The molecule has 0 atom stereocenters. The standard InChI is InChI=1S/C14H9BrF2N2O/c15-7-4-11(18)14-12(5-7)19-13(20-14)6-8-9(16)2-1-3-10(8)17/h1-5H,6,18H2. The lowest BCUT2D eigenvalue weighted by Crippen LogP contribution is -1.96. The Kier molecular flexibility index (Phi) is 3.17. The Morgan fingerprint density at radius 2 is 1.90 bits per heavy atom. The van der Waals surface area contributed by atoms with E-state index in [0.29, 0.717) is 16.8 Å². The minimum atomic E-state index is -0.624. The minimum Gasteiger partial charge on any atom is -0.438 e. The predicted octanol–water partition coefficient (Wildman–Crippen LogP) is 4.04. The topological polar surface area (TPSA) is 52.0 Å². The van der Waals surface area contributed by atoms with E-state index >= 15 is 0 Å². The number of benzene rings is 2. The van der Waals surface area contributed by atoms with Crippen molar-refractivity contribution in [2.24, 2.45) is 0 Å². The number of nitrogens with zero attached hydrogens (tertiary/aromatic N) is 1. The molecule has 20 heavy (non-hydrogen) atoms. The Bertz CT molecular complexity index is 781. The van der Waals surface area contributed by atoms with Gasteiger partial charge in [0.25, 0.3) is 0 Å². The van der Waals surface area contributed by atoms with Gasteiger partial charge in [-0.2, -0.15) is 0 Å². The molecule has 0 saturated heterocycles. The summed E-state index contributed by atoms with van der Waals surface area (Å²) in [5.41, 5.74) is 7.12. The van der Waals surface area contributed by atoms with Crippen LogP contribution in [0.5, 0.6) is 0 Å². The van der Waals surface area contributed by atoms with Gasteiger partial charge in [-0.1, -0.05) is 22.0 Å². The van der Waals surface area contributed by atoms with Crippen LogP contribution < -0.4 is 5.73 Å². The Morgan fingerprint density at radius 1 is 1.20 bits per heavy atom. The van der Waals surface area contributed by atoms with Crippen molar-refractivity contribution in [2.75, 3.05) is 5.73 Å². The van der Waals surface area contributed by atoms with Gasteiger partial charge in [-0.3, -0.25) is 0 Å². The normalized spacial score (nSPS) is 11.2. The maximum atomic E-state index is 13.6. The number of nitrogen functional groups attached to an aromatic ring is 1. The third-order valence-corrected chi connectivity index (χ3v) is 3.38. The fourth-order valence-electron chi connectivity index (χ4n) is 2.00. The van der Waals surface area contributed by atoms with Gasteiger partial charge in [0, 0.05) is 10.0 Å². The van der Waals surface area contributed by atoms with Gasteiger partial charge in [0.1, 0.15) is 17.2 Å². The highest BCUT2D eigenvalue weighted by molar-refractivity contribution is 9.10. The number of hydrogen-bond donors (Lipinski definition) is 1. The molecular weight excluding hydrogens is 330 g/mol. The second kappa shape index (κ2) is 4.86. The Morgan fingerprint density at radius 3 is 2.60 bits per heavy atom. The van der Waals surface area contributed by atoms with E-state index < -0.39 is 11.6 Å². The van der Waals surface area contributed by atoms with E-state index in [1.807, 2.05) is 0 Å². The first-order chi connectivity index (χ1) is 9.54. The van der Waals surface area contributed by atoms with Gasteiger partial charge in [0.05, 0.1) is 12.1 Å². The molecule has 102 valence electrons. The molecule has 0 aliphatic heterocycles. The first-order valence-electron chi connectivity index (χ1n) is 5.82. The van der Waals surface area contributed by atoms with Gasteiger partial charge < -0.3 is 10.2 Å². The Balaban J connectivity index is 2.06. The molecule has 6 heteroatoms.